The number of rotatable bonds is 3. The maximum Gasteiger partial charge on any atom is 0.410 e. The lowest BCUT2D eigenvalue weighted by Crippen LogP contribution is -2.32. The summed E-state index contributed by atoms with van der Waals surface area (Å²) < 4.78 is 11.3. The number of hydrogen-bond donors (Lipinski definition) is 0. The highest BCUT2D eigenvalue weighted by molar-refractivity contribution is 7.21. The molecule has 24 heavy (non-hydrogen) atoms. The van der Waals surface area contributed by atoms with Crippen LogP contribution >= 0.6 is 22.9 Å². The predicted molar refractivity (Wildman–Crippen MR) is 93.9 cm³/mol. The molecule has 0 saturated heterocycles. The first kappa shape index (κ1) is 17.0. The summed E-state index contributed by atoms with van der Waals surface area (Å²) in [6.07, 6.45) is 0.247. The number of carbonyl (C=O) groups excluding carboxylic acids is 2. The molecule has 1 aromatic carbocycles. The molecule has 128 valence electrons. The average molecular weight is 368 g/mol. The molecule has 5 nitrogen and oxygen atoms in total. The molecule has 0 radical (unpaired) electrons. The van der Waals surface area contributed by atoms with Crippen LogP contribution in [0.1, 0.15) is 34.6 Å². The first-order chi connectivity index (χ1) is 11.6. The monoisotopic (exact) mass is 367 g/mol. The number of halogens is 1. The van der Waals surface area contributed by atoms with Crippen molar-refractivity contribution >= 4 is 45.1 Å². The van der Waals surface area contributed by atoms with E-state index < -0.39 is 0 Å². The summed E-state index contributed by atoms with van der Waals surface area (Å²) in [5.74, 6) is -0.360. The van der Waals surface area contributed by atoms with Crippen molar-refractivity contribution in [1.29, 1.82) is 0 Å². The molecule has 0 saturated carbocycles. The van der Waals surface area contributed by atoms with E-state index in [0.717, 1.165) is 21.2 Å². The minimum absolute atomic E-state index is 0.307. The van der Waals surface area contributed by atoms with Crippen LogP contribution in [-0.2, 0) is 22.4 Å². The predicted octanol–water partition coefficient (Wildman–Crippen LogP) is 4.25. The van der Waals surface area contributed by atoms with Crippen molar-refractivity contribution in [3.05, 3.63) is 33.2 Å². The van der Waals surface area contributed by atoms with Crippen LogP contribution in [0.2, 0.25) is 5.02 Å². The third-order valence-corrected chi connectivity index (χ3v) is 5.50. The lowest BCUT2D eigenvalue weighted by molar-refractivity contribution is 0.0528. The Kier molecular flexibility index (Phi) is 4.96. The molecule has 0 atom stereocenters. The number of nitrogens with zero attached hydrogens (tertiary/aromatic N) is 1. The van der Waals surface area contributed by atoms with Crippen LogP contribution in [0.15, 0.2) is 12.1 Å². The minimum atomic E-state index is -0.379. The van der Waals surface area contributed by atoms with E-state index in [-0.39, 0.29) is 12.1 Å². The van der Waals surface area contributed by atoms with E-state index in [0.29, 0.717) is 42.6 Å². The molecule has 1 aliphatic heterocycles. The Morgan fingerprint density at radius 2 is 1.96 bits per heavy atom. The number of hydrogen-bond acceptors (Lipinski definition) is 5. The average Bonchev–Trinajstić information content (AvgIpc) is 2.79. The van der Waals surface area contributed by atoms with Gasteiger partial charge in [-0.05, 0) is 38.0 Å². The van der Waals surface area contributed by atoms with Gasteiger partial charge in [0.15, 0.2) is 0 Å². The summed E-state index contributed by atoms with van der Waals surface area (Å²) >= 11 is 7.76. The highest BCUT2D eigenvalue weighted by Crippen LogP contribution is 2.40. The van der Waals surface area contributed by atoms with Gasteiger partial charge in [-0.1, -0.05) is 11.6 Å². The zero-order chi connectivity index (χ0) is 17.3. The van der Waals surface area contributed by atoms with E-state index in [2.05, 4.69) is 0 Å². The summed E-state index contributed by atoms with van der Waals surface area (Å²) in [4.78, 5) is 26.7. The molecule has 1 amide bonds. The maximum atomic E-state index is 12.3. The fourth-order valence-corrected chi connectivity index (χ4v) is 4.33. The van der Waals surface area contributed by atoms with Gasteiger partial charge in [-0.15, -0.1) is 11.3 Å². The second kappa shape index (κ2) is 6.99. The van der Waals surface area contributed by atoms with Crippen LogP contribution < -0.4 is 0 Å². The Balaban J connectivity index is 2.12. The highest BCUT2D eigenvalue weighted by atomic mass is 35.5. The van der Waals surface area contributed by atoms with Crippen molar-refractivity contribution < 1.29 is 19.1 Å². The Labute approximate surface area is 149 Å². The second-order valence-corrected chi connectivity index (χ2v) is 6.86. The van der Waals surface area contributed by atoms with Gasteiger partial charge in [0, 0.05) is 27.2 Å². The number of benzene rings is 1. The molecular formula is C17H18ClNO4S. The number of thiophene rings is 1. The van der Waals surface area contributed by atoms with Gasteiger partial charge in [-0.3, -0.25) is 0 Å². The fourth-order valence-electron chi connectivity index (χ4n) is 2.95. The van der Waals surface area contributed by atoms with Crippen LogP contribution in [0, 0.1) is 0 Å². The van der Waals surface area contributed by atoms with Crippen molar-refractivity contribution in [2.45, 2.75) is 26.8 Å². The van der Waals surface area contributed by atoms with Crippen molar-refractivity contribution in [3.8, 4) is 0 Å². The second-order valence-electron chi connectivity index (χ2n) is 5.40. The molecule has 3 rings (SSSR count). The molecule has 2 heterocycles. The summed E-state index contributed by atoms with van der Waals surface area (Å²) in [6, 6.07) is 3.76. The first-order valence-electron chi connectivity index (χ1n) is 7.88. The van der Waals surface area contributed by atoms with Gasteiger partial charge in [0.25, 0.3) is 0 Å². The Bertz CT molecular complexity index is 801. The smallest absolute Gasteiger partial charge is 0.410 e. The Hall–Kier alpha value is -1.79. The molecule has 0 bridgehead atoms. The van der Waals surface area contributed by atoms with Crippen LogP contribution in [0.4, 0.5) is 4.79 Å². The summed E-state index contributed by atoms with van der Waals surface area (Å²) in [5.41, 5.74) is 1.78. The van der Waals surface area contributed by atoms with Gasteiger partial charge in [-0.25, -0.2) is 9.59 Å². The molecule has 1 aromatic heterocycles. The van der Waals surface area contributed by atoms with E-state index in [4.69, 9.17) is 21.1 Å². The largest absolute Gasteiger partial charge is 0.462 e. The Morgan fingerprint density at radius 3 is 2.67 bits per heavy atom. The van der Waals surface area contributed by atoms with Gasteiger partial charge < -0.3 is 14.4 Å². The third kappa shape index (κ3) is 2.96. The van der Waals surface area contributed by atoms with Gasteiger partial charge >= 0.3 is 12.1 Å². The normalized spacial score (nSPS) is 13.7. The molecule has 7 heteroatoms. The number of carbonyl (C=O) groups is 2. The van der Waals surface area contributed by atoms with Crippen LogP contribution in [0.3, 0.4) is 0 Å². The molecule has 0 unspecified atom stereocenters. The maximum absolute atomic E-state index is 12.3. The van der Waals surface area contributed by atoms with E-state index in [1.54, 1.807) is 18.7 Å². The standard InChI is InChI=1S/C17H18ClNO4S/c1-3-22-16(20)15-11-9-19(17(21)23-4-2)8-7-10-12(18)5-6-13(24-15)14(10)11/h5-6H,3-4,7-9H2,1-2H3. The van der Waals surface area contributed by atoms with E-state index >= 15 is 0 Å². The lowest BCUT2D eigenvalue weighted by Gasteiger charge is -2.20. The van der Waals surface area contributed by atoms with E-state index in [9.17, 15) is 9.59 Å². The van der Waals surface area contributed by atoms with Crippen molar-refractivity contribution in [2.75, 3.05) is 19.8 Å². The number of amides is 1. The molecule has 1 aliphatic rings. The van der Waals surface area contributed by atoms with Gasteiger partial charge in [-0.2, -0.15) is 0 Å². The minimum Gasteiger partial charge on any atom is -0.462 e. The van der Waals surface area contributed by atoms with E-state index in [1.807, 2.05) is 12.1 Å². The summed E-state index contributed by atoms with van der Waals surface area (Å²) in [6.45, 7) is 4.98. The topological polar surface area (TPSA) is 55.8 Å². The van der Waals surface area contributed by atoms with Crippen LogP contribution in [0.25, 0.3) is 10.1 Å². The molecule has 2 aromatic rings. The quantitative estimate of drug-likeness (QED) is 0.761. The zero-order valence-corrected chi connectivity index (χ0v) is 15.1. The van der Waals surface area contributed by atoms with Crippen molar-refractivity contribution in [2.24, 2.45) is 0 Å². The summed E-state index contributed by atoms with van der Waals surface area (Å²) in [7, 11) is 0. The molecule has 0 N–H and O–H groups in total. The van der Waals surface area contributed by atoms with Crippen molar-refractivity contribution in [1.82, 2.24) is 4.90 Å². The zero-order valence-electron chi connectivity index (χ0n) is 13.6. The van der Waals surface area contributed by atoms with E-state index in [1.165, 1.54) is 11.3 Å². The van der Waals surface area contributed by atoms with Crippen LogP contribution in [0.5, 0.6) is 0 Å². The molecule has 0 spiro atoms. The van der Waals surface area contributed by atoms with Gasteiger partial charge in [0.2, 0.25) is 0 Å². The van der Waals surface area contributed by atoms with Crippen molar-refractivity contribution in [3.63, 3.8) is 0 Å². The van der Waals surface area contributed by atoms with Gasteiger partial charge in [0.1, 0.15) is 4.88 Å². The van der Waals surface area contributed by atoms with Gasteiger partial charge in [0.05, 0.1) is 19.8 Å². The SMILES string of the molecule is CCOC(=O)c1sc2ccc(Cl)c3c2c1CN(C(=O)OCC)CC3. The fraction of sp³-hybridized carbons (Fsp3) is 0.412. The summed E-state index contributed by atoms with van der Waals surface area (Å²) in [5, 5.41) is 1.63. The first-order valence-corrected chi connectivity index (χ1v) is 9.07. The number of ether oxygens (including phenoxy) is 2. The third-order valence-electron chi connectivity index (χ3n) is 3.97. The molecule has 0 fully saturated rings. The lowest BCUT2D eigenvalue weighted by atomic mass is 10.0. The molecular weight excluding hydrogens is 350 g/mol. The van der Waals surface area contributed by atoms with Crippen LogP contribution in [-0.4, -0.2) is 36.7 Å². The molecule has 0 aliphatic carbocycles. The Morgan fingerprint density at radius 1 is 1.21 bits per heavy atom. The highest BCUT2D eigenvalue weighted by Gasteiger charge is 2.29. The number of esters is 1.